The van der Waals surface area contributed by atoms with Crippen molar-refractivity contribution in [3.8, 4) is 0 Å². The van der Waals surface area contributed by atoms with Crippen LogP contribution in [0.3, 0.4) is 0 Å². The highest BCUT2D eigenvalue weighted by Crippen LogP contribution is 2.41. The lowest BCUT2D eigenvalue weighted by atomic mass is 9.77. The maximum Gasteiger partial charge on any atom is 0.127 e. The van der Waals surface area contributed by atoms with Gasteiger partial charge in [0.1, 0.15) is 5.82 Å². The normalized spacial score (nSPS) is 21.8. The van der Waals surface area contributed by atoms with Gasteiger partial charge < -0.3 is 9.88 Å². The molecule has 21 heavy (non-hydrogen) atoms. The van der Waals surface area contributed by atoms with E-state index in [0.29, 0.717) is 6.04 Å². The molecule has 114 valence electrons. The number of rotatable bonds is 3. The van der Waals surface area contributed by atoms with Gasteiger partial charge in [-0.15, -0.1) is 0 Å². The average molecular weight is 306 g/mol. The number of hydrogen-bond acceptors (Lipinski definition) is 2. The minimum atomic E-state index is 0.220. The molecule has 0 bridgehead atoms. The highest BCUT2D eigenvalue weighted by Gasteiger charge is 2.36. The van der Waals surface area contributed by atoms with Crippen molar-refractivity contribution in [1.82, 2.24) is 14.9 Å². The second kappa shape index (κ2) is 5.62. The van der Waals surface area contributed by atoms with E-state index in [1.54, 1.807) is 0 Å². The summed E-state index contributed by atoms with van der Waals surface area (Å²) >= 11 is 6.44. The van der Waals surface area contributed by atoms with E-state index in [0.717, 1.165) is 41.4 Å². The third-order valence-electron chi connectivity index (χ3n) is 4.58. The fourth-order valence-corrected chi connectivity index (χ4v) is 3.75. The number of nitrogens with one attached hydrogen (secondary N) is 1. The Kier molecular flexibility index (Phi) is 3.98. The lowest BCUT2D eigenvalue weighted by Crippen LogP contribution is -2.41. The number of hydrogen-bond donors (Lipinski definition) is 1. The maximum absolute atomic E-state index is 6.44. The predicted octanol–water partition coefficient (Wildman–Crippen LogP) is 4.55. The molecule has 0 amide bonds. The van der Waals surface area contributed by atoms with Crippen LogP contribution in [0, 0.1) is 5.41 Å². The van der Waals surface area contributed by atoms with Crippen LogP contribution in [0.5, 0.6) is 0 Å². The Morgan fingerprint density at radius 1 is 1.43 bits per heavy atom. The van der Waals surface area contributed by atoms with Gasteiger partial charge in [0, 0.05) is 6.54 Å². The molecule has 0 spiro atoms. The first-order valence-corrected chi connectivity index (χ1v) is 8.30. The van der Waals surface area contributed by atoms with Crippen LogP contribution in [0.1, 0.15) is 51.9 Å². The fourth-order valence-electron chi connectivity index (χ4n) is 3.48. The molecule has 1 saturated heterocycles. The number of nitrogens with zero attached hydrogens (tertiary/aromatic N) is 2. The van der Waals surface area contributed by atoms with Crippen LogP contribution >= 0.6 is 11.6 Å². The van der Waals surface area contributed by atoms with Crippen molar-refractivity contribution in [2.75, 3.05) is 6.54 Å². The van der Waals surface area contributed by atoms with E-state index >= 15 is 0 Å². The molecule has 2 heterocycles. The molecule has 1 aliphatic heterocycles. The molecule has 0 saturated carbocycles. The van der Waals surface area contributed by atoms with E-state index < -0.39 is 0 Å². The zero-order valence-corrected chi connectivity index (χ0v) is 13.9. The van der Waals surface area contributed by atoms with E-state index in [-0.39, 0.29) is 5.41 Å². The number of fused-ring (bicyclic) bond motifs is 1. The molecule has 4 heteroatoms. The van der Waals surface area contributed by atoms with Gasteiger partial charge in [-0.25, -0.2) is 4.98 Å². The Morgan fingerprint density at radius 3 is 2.95 bits per heavy atom. The van der Waals surface area contributed by atoms with E-state index in [2.05, 4.69) is 36.7 Å². The van der Waals surface area contributed by atoms with Gasteiger partial charge in [0.15, 0.2) is 0 Å². The molecule has 1 N–H and O–H groups in total. The number of aryl methyl sites for hydroxylation is 1. The second-order valence-corrected chi connectivity index (χ2v) is 7.12. The van der Waals surface area contributed by atoms with Crippen molar-refractivity contribution in [3.63, 3.8) is 0 Å². The molecule has 1 aromatic carbocycles. The zero-order chi connectivity index (χ0) is 15.0. The number of aromatic nitrogens is 2. The standard InChI is InChI=1S/C17H24ClN3/c1-4-11-21-14-12(18)7-5-8-13(14)20-16(21)15-17(2,3)9-6-10-19-15/h5,7-8,15,19H,4,6,9-11H2,1-3H3. The molecule has 2 aromatic rings. The van der Waals surface area contributed by atoms with Crippen LogP contribution in [-0.4, -0.2) is 16.1 Å². The lowest BCUT2D eigenvalue weighted by molar-refractivity contribution is 0.171. The summed E-state index contributed by atoms with van der Waals surface area (Å²) in [5, 5.41) is 4.48. The zero-order valence-electron chi connectivity index (χ0n) is 13.1. The van der Waals surface area contributed by atoms with Crippen LogP contribution in [0.4, 0.5) is 0 Å². The molecule has 1 atom stereocenters. The van der Waals surface area contributed by atoms with Gasteiger partial charge in [-0.1, -0.05) is 38.4 Å². The predicted molar refractivity (Wildman–Crippen MR) is 88.8 cm³/mol. The first-order chi connectivity index (χ1) is 10.0. The largest absolute Gasteiger partial charge is 0.325 e. The summed E-state index contributed by atoms with van der Waals surface area (Å²) in [6.07, 6.45) is 3.54. The monoisotopic (exact) mass is 305 g/mol. The summed E-state index contributed by atoms with van der Waals surface area (Å²) in [7, 11) is 0. The van der Waals surface area contributed by atoms with E-state index in [4.69, 9.17) is 16.6 Å². The number of halogens is 1. The molecule has 1 fully saturated rings. The number of imidazole rings is 1. The highest BCUT2D eigenvalue weighted by atomic mass is 35.5. The molecule has 3 nitrogen and oxygen atoms in total. The van der Waals surface area contributed by atoms with Crippen molar-refractivity contribution < 1.29 is 0 Å². The van der Waals surface area contributed by atoms with E-state index in [1.807, 2.05) is 12.1 Å². The van der Waals surface area contributed by atoms with Gasteiger partial charge in [0.05, 0.1) is 22.1 Å². The summed E-state index contributed by atoms with van der Waals surface area (Å²) in [4.78, 5) is 4.93. The number of para-hydroxylation sites is 1. The number of benzene rings is 1. The van der Waals surface area contributed by atoms with E-state index in [1.165, 1.54) is 12.8 Å². The van der Waals surface area contributed by atoms with Crippen LogP contribution in [-0.2, 0) is 6.54 Å². The summed E-state index contributed by atoms with van der Waals surface area (Å²) in [5.74, 6) is 1.14. The smallest absolute Gasteiger partial charge is 0.127 e. The lowest BCUT2D eigenvalue weighted by Gasteiger charge is -2.39. The summed E-state index contributed by atoms with van der Waals surface area (Å²) in [6, 6.07) is 6.30. The van der Waals surface area contributed by atoms with Gasteiger partial charge in [0.2, 0.25) is 0 Å². The number of piperidine rings is 1. The minimum Gasteiger partial charge on any atom is -0.325 e. The first kappa shape index (κ1) is 14.9. The van der Waals surface area contributed by atoms with Gasteiger partial charge in [-0.2, -0.15) is 0 Å². The van der Waals surface area contributed by atoms with Crippen molar-refractivity contribution in [2.45, 2.75) is 52.6 Å². The Balaban J connectivity index is 2.17. The van der Waals surface area contributed by atoms with Crippen LogP contribution < -0.4 is 5.32 Å². The van der Waals surface area contributed by atoms with Crippen LogP contribution in [0.2, 0.25) is 5.02 Å². The molecule has 1 aliphatic rings. The maximum atomic E-state index is 6.44. The quantitative estimate of drug-likeness (QED) is 0.901. The topological polar surface area (TPSA) is 29.9 Å². The third kappa shape index (κ3) is 2.58. The Bertz CT molecular complexity index is 645. The fraction of sp³-hybridized carbons (Fsp3) is 0.588. The van der Waals surface area contributed by atoms with Crippen molar-refractivity contribution >= 4 is 22.6 Å². The van der Waals surface area contributed by atoms with Crippen molar-refractivity contribution in [3.05, 3.63) is 29.0 Å². The molecular weight excluding hydrogens is 282 g/mol. The second-order valence-electron chi connectivity index (χ2n) is 6.71. The van der Waals surface area contributed by atoms with Gasteiger partial charge >= 0.3 is 0 Å². The summed E-state index contributed by atoms with van der Waals surface area (Å²) in [5.41, 5.74) is 2.31. The minimum absolute atomic E-state index is 0.220. The Hall–Kier alpha value is -1.06. The van der Waals surface area contributed by atoms with Crippen molar-refractivity contribution in [1.29, 1.82) is 0 Å². The van der Waals surface area contributed by atoms with Crippen LogP contribution in [0.25, 0.3) is 11.0 Å². The highest BCUT2D eigenvalue weighted by molar-refractivity contribution is 6.35. The average Bonchev–Trinajstić information content (AvgIpc) is 2.79. The van der Waals surface area contributed by atoms with Crippen LogP contribution in [0.15, 0.2) is 18.2 Å². The molecule has 1 unspecified atom stereocenters. The Labute approximate surface area is 131 Å². The molecule has 3 rings (SSSR count). The molecule has 1 aromatic heterocycles. The SMILES string of the molecule is CCCn1c(C2NCCCC2(C)C)nc2cccc(Cl)c21. The van der Waals surface area contributed by atoms with Gasteiger partial charge in [0.25, 0.3) is 0 Å². The van der Waals surface area contributed by atoms with E-state index in [9.17, 15) is 0 Å². The van der Waals surface area contributed by atoms with Crippen molar-refractivity contribution in [2.24, 2.45) is 5.41 Å². The molecule has 0 aliphatic carbocycles. The summed E-state index contributed by atoms with van der Waals surface area (Å²) < 4.78 is 2.32. The van der Waals surface area contributed by atoms with Gasteiger partial charge in [-0.3, -0.25) is 0 Å². The Morgan fingerprint density at radius 2 is 2.24 bits per heavy atom. The molecular formula is C17H24ClN3. The summed E-state index contributed by atoms with van der Waals surface area (Å²) in [6.45, 7) is 8.90. The molecule has 0 radical (unpaired) electrons. The first-order valence-electron chi connectivity index (χ1n) is 7.92. The van der Waals surface area contributed by atoms with Gasteiger partial charge in [-0.05, 0) is 43.4 Å². The third-order valence-corrected chi connectivity index (χ3v) is 4.89.